The van der Waals surface area contributed by atoms with Crippen molar-refractivity contribution >= 4 is 38.6 Å². The number of nitrogens with two attached hydrogens (primary N) is 2. The summed E-state index contributed by atoms with van der Waals surface area (Å²) in [4.78, 5) is 12.0. The summed E-state index contributed by atoms with van der Waals surface area (Å²) in [5.41, 5.74) is 12.0. The summed E-state index contributed by atoms with van der Waals surface area (Å²) in [5, 5.41) is 2.23. The molecule has 6 heteroatoms. The Morgan fingerprint density at radius 2 is 1.42 bits per heavy atom. The Hall–Kier alpha value is -2.21. The van der Waals surface area contributed by atoms with Crippen molar-refractivity contribution in [1.82, 2.24) is 15.0 Å². The van der Waals surface area contributed by atoms with Gasteiger partial charge in [0.25, 0.3) is 0 Å². The molecule has 0 saturated carbocycles. The summed E-state index contributed by atoms with van der Waals surface area (Å²) in [6, 6.07) is 12.1. The highest BCUT2D eigenvalue weighted by atomic mass is 79.9. The molecule has 3 rings (SSSR count). The molecule has 0 atom stereocenters. The van der Waals surface area contributed by atoms with Crippen molar-refractivity contribution < 1.29 is 0 Å². The fourth-order valence-corrected chi connectivity index (χ4v) is 2.45. The van der Waals surface area contributed by atoms with E-state index in [0.717, 1.165) is 20.8 Å². The predicted molar refractivity (Wildman–Crippen MR) is 79.3 cm³/mol. The Morgan fingerprint density at radius 1 is 0.842 bits per heavy atom. The number of anilines is 2. The molecule has 19 heavy (non-hydrogen) atoms. The largest absolute Gasteiger partial charge is 0.368 e. The van der Waals surface area contributed by atoms with Crippen LogP contribution in [-0.4, -0.2) is 15.0 Å². The third-order valence-electron chi connectivity index (χ3n) is 2.75. The van der Waals surface area contributed by atoms with Crippen molar-refractivity contribution in [2.24, 2.45) is 0 Å². The van der Waals surface area contributed by atoms with E-state index in [-0.39, 0.29) is 11.9 Å². The van der Waals surface area contributed by atoms with Gasteiger partial charge in [-0.3, -0.25) is 0 Å². The minimum atomic E-state index is 0.113. The summed E-state index contributed by atoms with van der Waals surface area (Å²) in [5.74, 6) is 0.688. The first kappa shape index (κ1) is 11.9. The van der Waals surface area contributed by atoms with Crippen LogP contribution in [0.15, 0.2) is 40.9 Å². The minimum absolute atomic E-state index is 0.113. The lowest BCUT2D eigenvalue weighted by Crippen LogP contribution is -2.04. The molecule has 0 saturated heterocycles. The van der Waals surface area contributed by atoms with Gasteiger partial charge in [-0.05, 0) is 22.9 Å². The van der Waals surface area contributed by atoms with E-state index in [0.29, 0.717) is 5.82 Å². The monoisotopic (exact) mass is 315 g/mol. The van der Waals surface area contributed by atoms with E-state index in [1.165, 1.54) is 0 Å². The van der Waals surface area contributed by atoms with Gasteiger partial charge < -0.3 is 11.5 Å². The van der Waals surface area contributed by atoms with E-state index in [4.69, 9.17) is 11.5 Å². The Kier molecular flexibility index (Phi) is 2.79. The maximum absolute atomic E-state index is 5.60. The van der Waals surface area contributed by atoms with Crippen molar-refractivity contribution in [3.05, 3.63) is 40.9 Å². The van der Waals surface area contributed by atoms with E-state index in [1.54, 1.807) is 0 Å². The maximum atomic E-state index is 5.60. The fraction of sp³-hybridized carbons (Fsp3) is 0. The zero-order valence-corrected chi connectivity index (χ0v) is 11.4. The maximum Gasteiger partial charge on any atom is 0.225 e. The lowest BCUT2D eigenvalue weighted by molar-refractivity contribution is 1.09. The molecule has 0 bridgehead atoms. The smallest absolute Gasteiger partial charge is 0.225 e. The molecule has 1 aromatic heterocycles. The Morgan fingerprint density at radius 3 is 2.05 bits per heavy atom. The molecular weight excluding hydrogens is 306 g/mol. The van der Waals surface area contributed by atoms with E-state index in [9.17, 15) is 0 Å². The van der Waals surface area contributed by atoms with Gasteiger partial charge in [0.1, 0.15) is 0 Å². The minimum Gasteiger partial charge on any atom is -0.368 e. The second kappa shape index (κ2) is 4.47. The van der Waals surface area contributed by atoms with Crippen LogP contribution in [0, 0.1) is 0 Å². The SMILES string of the molecule is Nc1nc(N)nc(-c2cc3ccccc3cc2Br)n1. The molecule has 94 valence electrons. The zero-order valence-electron chi connectivity index (χ0n) is 9.84. The van der Waals surface area contributed by atoms with Crippen LogP contribution >= 0.6 is 15.9 Å². The molecule has 0 spiro atoms. The first-order valence-electron chi connectivity index (χ1n) is 5.59. The molecule has 1 heterocycles. The molecule has 2 aromatic carbocycles. The summed E-state index contributed by atoms with van der Waals surface area (Å²) in [6.45, 7) is 0. The van der Waals surface area contributed by atoms with Crippen molar-refractivity contribution in [1.29, 1.82) is 0 Å². The van der Waals surface area contributed by atoms with Crippen molar-refractivity contribution in [3.8, 4) is 11.4 Å². The zero-order chi connectivity index (χ0) is 13.4. The number of rotatable bonds is 1. The Balaban J connectivity index is 2.26. The van der Waals surface area contributed by atoms with Gasteiger partial charge in [0.2, 0.25) is 11.9 Å². The molecule has 0 radical (unpaired) electrons. The molecule has 0 aliphatic carbocycles. The van der Waals surface area contributed by atoms with Crippen LogP contribution in [0.25, 0.3) is 22.2 Å². The van der Waals surface area contributed by atoms with Crippen LogP contribution in [0.2, 0.25) is 0 Å². The molecule has 5 nitrogen and oxygen atoms in total. The molecular formula is C13H10BrN5. The van der Waals surface area contributed by atoms with E-state index >= 15 is 0 Å². The van der Waals surface area contributed by atoms with Gasteiger partial charge in [-0.1, -0.05) is 40.2 Å². The fourth-order valence-electron chi connectivity index (χ4n) is 1.91. The van der Waals surface area contributed by atoms with Crippen LogP contribution in [-0.2, 0) is 0 Å². The van der Waals surface area contributed by atoms with Crippen LogP contribution in [0.1, 0.15) is 0 Å². The molecule has 0 aliphatic heterocycles. The summed E-state index contributed by atoms with van der Waals surface area (Å²) in [6.07, 6.45) is 0. The van der Waals surface area contributed by atoms with Crippen LogP contribution < -0.4 is 11.5 Å². The quantitative estimate of drug-likeness (QED) is 0.720. The summed E-state index contributed by atoms with van der Waals surface area (Å²) in [7, 11) is 0. The number of hydrogen-bond donors (Lipinski definition) is 2. The highest BCUT2D eigenvalue weighted by Crippen LogP contribution is 2.30. The lowest BCUT2D eigenvalue weighted by Gasteiger charge is -2.07. The standard InChI is InChI=1S/C13H10BrN5/c14-10-6-8-4-2-1-3-7(8)5-9(10)11-17-12(15)19-13(16)18-11/h1-6H,(H4,15,16,17,18,19). The lowest BCUT2D eigenvalue weighted by atomic mass is 10.1. The molecule has 0 fully saturated rings. The molecule has 3 aromatic rings. The highest BCUT2D eigenvalue weighted by molar-refractivity contribution is 9.10. The van der Waals surface area contributed by atoms with Gasteiger partial charge in [-0.25, -0.2) is 0 Å². The molecule has 0 amide bonds. The molecule has 0 unspecified atom stereocenters. The Labute approximate surface area is 117 Å². The number of nitrogen functional groups attached to an aromatic ring is 2. The number of hydrogen-bond acceptors (Lipinski definition) is 5. The average molecular weight is 316 g/mol. The van der Waals surface area contributed by atoms with E-state index in [2.05, 4.69) is 30.9 Å². The van der Waals surface area contributed by atoms with Gasteiger partial charge in [-0.15, -0.1) is 0 Å². The number of fused-ring (bicyclic) bond motifs is 1. The first-order chi connectivity index (χ1) is 9.13. The van der Waals surface area contributed by atoms with E-state index in [1.807, 2.05) is 36.4 Å². The third-order valence-corrected chi connectivity index (χ3v) is 3.40. The second-order valence-electron chi connectivity index (χ2n) is 4.05. The number of nitrogens with zero attached hydrogens (tertiary/aromatic N) is 3. The summed E-state index contributed by atoms with van der Waals surface area (Å²) < 4.78 is 0.885. The Bertz CT molecular complexity index is 752. The van der Waals surface area contributed by atoms with Gasteiger partial charge in [-0.2, -0.15) is 15.0 Å². The summed E-state index contributed by atoms with van der Waals surface area (Å²) >= 11 is 3.52. The topological polar surface area (TPSA) is 90.7 Å². The van der Waals surface area contributed by atoms with Gasteiger partial charge in [0.15, 0.2) is 5.82 Å². The van der Waals surface area contributed by atoms with Crippen molar-refractivity contribution in [3.63, 3.8) is 0 Å². The second-order valence-corrected chi connectivity index (χ2v) is 4.91. The molecule has 0 aliphatic rings. The van der Waals surface area contributed by atoms with Crippen LogP contribution in [0.3, 0.4) is 0 Å². The van der Waals surface area contributed by atoms with Gasteiger partial charge >= 0.3 is 0 Å². The number of benzene rings is 2. The number of aromatic nitrogens is 3. The van der Waals surface area contributed by atoms with Crippen LogP contribution in [0.5, 0.6) is 0 Å². The first-order valence-corrected chi connectivity index (χ1v) is 6.38. The molecule has 4 N–H and O–H groups in total. The number of halogens is 1. The van der Waals surface area contributed by atoms with Crippen molar-refractivity contribution in [2.75, 3.05) is 11.5 Å². The third kappa shape index (κ3) is 2.22. The highest BCUT2D eigenvalue weighted by Gasteiger charge is 2.10. The van der Waals surface area contributed by atoms with Gasteiger partial charge in [0.05, 0.1) is 0 Å². The average Bonchev–Trinajstić information content (AvgIpc) is 2.36. The van der Waals surface area contributed by atoms with Gasteiger partial charge in [0, 0.05) is 10.0 Å². The van der Waals surface area contributed by atoms with E-state index < -0.39 is 0 Å². The van der Waals surface area contributed by atoms with Crippen molar-refractivity contribution in [2.45, 2.75) is 0 Å². The van der Waals surface area contributed by atoms with Crippen LogP contribution in [0.4, 0.5) is 11.9 Å². The normalized spacial score (nSPS) is 10.8. The predicted octanol–water partition coefficient (Wildman–Crippen LogP) is 2.62.